The zero-order valence-corrected chi connectivity index (χ0v) is 24.3. The van der Waals surface area contributed by atoms with E-state index in [1.54, 1.807) is 0 Å². The Morgan fingerprint density at radius 3 is 2.03 bits per heavy atom. The van der Waals surface area contributed by atoms with Crippen molar-refractivity contribution < 1.29 is 9.53 Å². The summed E-state index contributed by atoms with van der Waals surface area (Å²) in [6.07, 6.45) is 22.1. The molecule has 1 unspecified atom stereocenters. The summed E-state index contributed by atoms with van der Waals surface area (Å²) in [4.78, 5) is 13.0. The fraction of sp³-hybridized carbons (Fsp3) is 0.600. The molecule has 39 heavy (non-hydrogen) atoms. The van der Waals surface area contributed by atoms with Crippen LogP contribution in [0.3, 0.4) is 0 Å². The summed E-state index contributed by atoms with van der Waals surface area (Å²) in [6.45, 7) is 2.26. The van der Waals surface area contributed by atoms with Crippen LogP contribution in [-0.2, 0) is 4.79 Å². The van der Waals surface area contributed by atoms with Gasteiger partial charge < -0.3 is 10.1 Å². The van der Waals surface area contributed by atoms with Crippen LogP contribution in [0.1, 0.15) is 134 Å². The molecule has 1 fully saturated rings. The molecule has 0 aromatic heterocycles. The van der Waals surface area contributed by atoms with Crippen molar-refractivity contribution in [3.05, 3.63) is 54.1 Å². The topological polar surface area (TPSA) is 62.1 Å². The van der Waals surface area contributed by atoms with Crippen molar-refractivity contribution in [3.63, 3.8) is 0 Å². The Hall–Kier alpha value is -2.80. The molecule has 0 saturated heterocycles. The van der Waals surface area contributed by atoms with Crippen LogP contribution in [0.25, 0.3) is 0 Å². The Balaban J connectivity index is 1.42. The van der Waals surface area contributed by atoms with E-state index in [9.17, 15) is 10.1 Å². The minimum absolute atomic E-state index is 0.239. The standard InChI is InChI=1S/C35H50N2O2/c1-2-3-4-5-6-7-8-9-10-11-12-14-23-30(28-36)35(38)37-32-25-18-20-27-34(32)39-33-26-19-17-24-31(33)29-21-15-13-16-22-29/h17-20,24-27,29-30H,2-16,21-23H2,1H3,(H,37,38). The van der Waals surface area contributed by atoms with Gasteiger partial charge in [0.25, 0.3) is 0 Å². The van der Waals surface area contributed by atoms with E-state index >= 15 is 0 Å². The number of para-hydroxylation sites is 3. The molecule has 1 amide bonds. The number of anilines is 1. The smallest absolute Gasteiger partial charge is 0.241 e. The van der Waals surface area contributed by atoms with Crippen LogP contribution in [0.4, 0.5) is 5.69 Å². The van der Waals surface area contributed by atoms with Crippen LogP contribution in [0.15, 0.2) is 48.5 Å². The molecule has 2 aromatic carbocycles. The van der Waals surface area contributed by atoms with E-state index in [0.717, 1.165) is 18.6 Å². The van der Waals surface area contributed by atoms with Crippen LogP contribution in [0.5, 0.6) is 11.5 Å². The average molecular weight is 531 g/mol. The van der Waals surface area contributed by atoms with E-state index in [1.807, 2.05) is 36.4 Å². The predicted molar refractivity (Wildman–Crippen MR) is 162 cm³/mol. The molecule has 4 nitrogen and oxygen atoms in total. The van der Waals surface area contributed by atoms with Crippen molar-refractivity contribution in [2.45, 2.75) is 128 Å². The lowest BCUT2D eigenvalue weighted by molar-refractivity contribution is -0.118. The van der Waals surface area contributed by atoms with Gasteiger partial charge in [-0.05, 0) is 48.9 Å². The molecular formula is C35H50N2O2. The number of benzene rings is 2. The second kappa shape index (κ2) is 18.5. The fourth-order valence-corrected chi connectivity index (χ4v) is 5.77. The van der Waals surface area contributed by atoms with Crippen LogP contribution in [-0.4, -0.2) is 5.91 Å². The summed E-state index contributed by atoms with van der Waals surface area (Å²) in [5.74, 6) is 1.12. The fourth-order valence-electron chi connectivity index (χ4n) is 5.77. The lowest BCUT2D eigenvalue weighted by Gasteiger charge is -2.24. The molecule has 0 bridgehead atoms. The molecule has 1 N–H and O–H groups in total. The molecule has 1 saturated carbocycles. The number of unbranched alkanes of at least 4 members (excludes halogenated alkanes) is 11. The largest absolute Gasteiger partial charge is 0.455 e. The summed E-state index contributed by atoms with van der Waals surface area (Å²) < 4.78 is 6.39. The first-order valence-corrected chi connectivity index (χ1v) is 15.8. The molecule has 0 heterocycles. The summed E-state index contributed by atoms with van der Waals surface area (Å²) in [6, 6.07) is 18.1. The van der Waals surface area contributed by atoms with E-state index in [2.05, 4.69) is 30.4 Å². The number of ether oxygens (including phenoxy) is 1. The second-order valence-corrected chi connectivity index (χ2v) is 11.3. The minimum atomic E-state index is -0.643. The van der Waals surface area contributed by atoms with Crippen molar-refractivity contribution in [2.75, 3.05) is 5.32 Å². The molecule has 1 aliphatic carbocycles. The molecule has 0 aliphatic heterocycles. The number of nitrogens with one attached hydrogen (secondary N) is 1. The van der Waals surface area contributed by atoms with Crippen molar-refractivity contribution in [2.24, 2.45) is 5.92 Å². The van der Waals surface area contributed by atoms with Gasteiger partial charge in [-0.25, -0.2) is 0 Å². The number of carbonyl (C=O) groups is 1. The molecule has 3 rings (SSSR count). The van der Waals surface area contributed by atoms with Gasteiger partial charge in [-0.2, -0.15) is 5.26 Å². The number of rotatable bonds is 18. The summed E-state index contributed by atoms with van der Waals surface area (Å²) in [7, 11) is 0. The Morgan fingerprint density at radius 2 is 1.38 bits per heavy atom. The molecule has 1 atom stereocenters. The normalized spacial score (nSPS) is 14.5. The first kappa shape index (κ1) is 30.7. The van der Waals surface area contributed by atoms with E-state index in [4.69, 9.17) is 4.74 Å². The first-order chi connectivity index (χ1) is 19.2. The quantitative estimate of drug-likeness (QED) is 0.195. The Kier molecular flexibility index (Phi) is 14.6. The van der Waals surface area contributed by atoms with Crippen molar-refractivity contribution in [1.29, 1.82) is 5.26 Å². The molecular weight excluding hydrogens is 480 g/mol. The van der Waals surface area contributed by atoms with Crippen molar-refractivity contribution >= 4 is 11.6 Å². The highest BCUT2D eigenvalue weighted by Crippen LogP contribution is 2.40. The zero-order valence-electron chi connectivity index (χ0n) is 24.3. The molecule has 2 aromatic rings. The van der Waals surface area contributed by atoms with Gasteiger partial charge in [0.2, 0.25) is 5.91 Å². The Bertz CT molecular complexity index is 1010. The van der Waals surface area contributed by atoms with E-state index < -0.39 is 5.92 Å². The predicted octanol–water partition coefficient (Wildman–Crippen LogP) is 10.7. The molecule has 4 heteroatoms. The highest BCUT2D eigenvalue weighted by Gasteiger charge is 2.21. The second-order valence-electron chi connectivity index (χ2n) is 11.3. The van der Waals surface area contributed by atoms with E-state index in [0.29, 0.717) is 23.8 Å². The third-order valence-electron chi connectivity index (χ3n) is 8.15. The van der Waals surface area contributed by atoms with Crippen molar-refractivity contribution in [3.8, 4) is 17.6 Å². The minimum Gasteiger partial charge on any atom is -0.455 e. The average Bonchev–Trinajstić information content (AvgIpc) is 2.97. The van der Waals surface area contributed by atoms with Gasteiger partial charge in [-0.1, -0.05) is 134 Å². The van der Waals surface area contributed by atoms with Gasteiger partial charge >= 0.3 is 0 Å². The summed E-state index contributed by atoms with van der Waals surface area (Å²) in [5, 5.41) is 12.7. The first-order valence-electron chi connectivity index (χ1n) is 15.8. The number of carbonyl (C=O) groups excluding carboxylic acids is 1. The lowest BCUT2D eigenvalue weighted by Crippen LogP contribution is -2.22. The highest BCUT2D eigenvalue weighted by atomic mass is 16.5. The lowest BCUT2D eigenvalue weighted by atomic mass is 9.84. The number of hydrogen-bond donors (Lipinski definition) is 1. The van der Waals surface area contributed by atoms with Gasteiger partial charge in [-0.3, -0.25) is 4.79 Å². The molecule has 0 spiro atoms. The maximum Gasteiger partial charge on any atom is 0.241 e. The van der Waals surface area contributed by atoms with Gasteiger partial charge in [0, 0.05) is 0 Å². The van der Waals surface area contributed by atoms with E-state index in [-0.39, 0.29) is 5.91 Å². The number of amides is 1. The molecule has 1 aliphatic rings. The van der Waals surface area contributed by atoms with Crippen LogP contribution >= 0.6 is 0 Å². The van der Waals surface area contributed by atoms with Crippen LogP contribution in [0.2, 0.25) is 0 Å². The third-order valence-corrected chi connectivity index (χ3v) is 8.15. The van der Waals surface area contributed by atoms with Gasteiger partial charge in [-0.15, -0.1) is 0 Å². The van der Waals surface area contributed by atoms with Crippen LogP contribution < -0.4 is 10.1 Å². The summed E-state index contributed by atoms with van der Waals surface area (Å²) in [5.41, 5.74) is 1.87. The monoisotopic (exact) mass is 530 g/mol. The van der Waals surface area contributed by atoms with Gasteiger partial charge in [0.05, 0.1) is 11.8 Å². The number of nitriles is 1. The Morgan fingerprint density at radius 1 is 0.821 bits per heavy atom. The number of hydrogen-bond acceptors (Lipinski definition) is 3. The molecule has 212 valence electrons. The van der Waals surface area contributed by atoms with Gasteiger partial charge in [0.1, 0.15) is 11.7 Å². The Labute approximate surface area is 237 Å². The maximum absolute atomic E-state index is 13.0. The maximum atomic E-state index is 13.0. The van der Waals surface area contributed by atoms with Crippen LogP contribution in [0, 0.1) is 17.2 Å². The van der Waals surface area contributed by atoms with E-state index in [1.165, 1.54) is 102 Å². The number of nitrogens with zero attached hydrogens (tertiary/aromatic N) is 1. The van der Waals surface area contributed by atoms with Gasteiger partial charge in [0.15, 0.2) is 5.75 Å². The van der Waals surface area contributed by atoms with Crippen molar-refractivity contribution in [1.82, 2.24) is 0 Å². The SMILES string of the molecule is CCCCCCCCCCCCCCC(C#N)C(=O)Nc1ccccc1Oc1ccccc1C1CCCCC1. The highest BCUT2D eigenvalue weighted by molar-refractivity contribution is 5.95. The molecule has 0 radical (unpaired) electrons. The third kappa shape index (κ3) is 11.1. The zero-order chi connectivity index (χ0) is 27.5. The summed E-state index contributed by atoms with van der Waals surface area (Å²) >= 11 is 0.